The van der Waals surface area contributed by atoms with E-state index in [1.165, 1.54) is 141 Å². The topological polar surface area (TPSA) is 155 Å². The highest BCUT2D eigenvalue weighted by atomic mass is 31.2. The van der Waals surface area contributed by atoms with Gasteiger partial charge in [-0.25, -0.2) is 4.57 Å². The van der Waals surface area contributed by atoms with Crippen LogP contribution in [0.1, 0.15) is 290 Å². The van der Waals surface area contributed by atoms with E-state index in [-0.39, 0.29) is 25.9 Å². The first-order valence-electron chi connectivity index (χ1n) is 31.2. The summed E-state index contributed by atoms with van der Waals surface area (Å²) in [6, 6.07) is 0. The Labute approximate surface area is 465 Å². The van der Waals surface area contributed by atoms with Crippen molar-refractivity contribution in [3.8, 4) is 0 Å². The molecule has 0 aromatic carbocycles. The summed E-state index contributed by atoms with van der Waals surface area (Å²) in [5, 5.41) is 9.84. The summed E-state index contributed by atoms with van der Waals surface area (Å²) in [6.07, 6.45) is 64.6. The molecule has 2 N–H and O–H groups in total. The van der Waals surface area contributed by atoms with Gasteiger partial charge in [0.25, 0.3) is 0 Å². The summed E-state index contributed by atoms with van der Waals surface area (Å²) >= 11 is 0. The zero-order valence-electron chi connectivity index (χ0n) is 49.0. The molecule has 76 heavy (non-hydrogen) atoms. The van der Waals surface area contributed by atoms with Gasteiger partial charge in [-0.05, 0) is 64.2 Å². The molecule has 0 aliphatic rings. The van der Waals surface area contributed by atoms with E-state index in [2.05, 4.69) is 81.5 Å². The van der Waals surface area contributed by atoms with E-state index >= 15 is 0 Å². The number of esters is 3. The molecule has 11 nitrogen and oxygen atoms in total. The normalized spacial score (nSPS) is 13.7. The van der Waals surface area contributed by atoms with Crippen molar-refractivity contribution in [3.05, 3.63) is 60.8 Å². The molecule has 0 aromatic heterocycles. The summed E-state index contributed by atoms with van der Waals surface area (Å²) < 4.78 is 39.6. The molecule has 3 unspecified atom stereocenters. The molecule has 12 heteroatoms. The number of carbonyl (C=O) groups excluding carboxylic acids is 3. The van der Waals surface area contributed by atoms with E-state index < -0.39 is 57.8 Å². The smallest absolute Gasteiger partial charge is 0.462 e. The fourth-order valence-corrected chi connectivity index (χ4v) is 9.52. The van der Waals surface area contributed by atoms with E-state index in [9.17, 15) is 28.9 Å². The number of phosphoric acid groups is 1. The number of carbonyl (C=O) groups is 3. The number of phosphoric ester groups is 1. The SMILES string of the molecule is CC/C=C\C/C=C\C/C=C\C/C=C\C/C=C\CCCCCC(=O)OCC(COP(=O)(O)OCC(CO)OC(=O)CCCCCCCCCCCCCCCCC)OC(=O)CCCCCCCCCCCCCCCCC. The van der Waals surface area contributed by atoms with Crippen molar-refractivity contribution in [3.63, 3.8) is 0 Å². The number of aliphatic hydroxyl groups excluding tert-OH is 1. The van der Waals surface area contributed by atoms with Crippen molar-refractivity contribution < 1.29 is 52.2 Å². The monoisotopic (exact) mass is 1090 g/mol. The van der Waals surface area contributed by atoms with Crippen molar-refractivity contribution in [1.29, 1.82) is 0 Å². The van der Waals surface area contributed by atoms with Crippen LogP contribution in [0, 0.1) is 0 Å². The van der Waals surface area contributed by atoms with Gasteiger partial charge in [-0.15, -0.1) is 0 Å². The molecule has 442 valence electrons. The fourth-order valence-electron chi connectivity index (χ4n) is 8.74. The lowest BCUT2D eigenvalue weighted by molar-refractivity contribution is -0.161. The molecule has 0 bridgehead atoms. The maximum absolute atomic E-state index is 12.9. The fraction of sp³-hybridized carbons (Fsp3) is 0.797. The number of hydrogen-bond acceptors (Lipinski definition) is 10. The Morgan fingerprint density at radius 1 is 0.382 bits per heavy atom. The molecule has 0 amide bonds. The van der Waals surface area contributed by atoms with Crippen LogP contribution < -0.4 is 0 Å². The molecule has 0 heterocycles. The molecule has 0 aliphatic carbocycles. The van der Waals surface area contributed by atoms with Gasteiger partial charge >= 0.3 is 25.7 Å². The van der Waals surface area contributed by atoms with Crippen molar-refractivity contribution in [2.24, 2.45) is 0 Å². The Morgan fingerprint density at radius 3 is 1.05 bits per heavy atom. The Balaban J connectivity index is 4.73. The predicted molar refractivity (Wildman–Crippen MR) is 316 cm³/mol. The number of hydrogen-bond donors (Lipinski definition) is 2. The average molecular weight is 1090 g/mol. The second-order valence-electron chi connectivity index (χ2n) is 20.9. The standard InChI is InChI=1S/C64H115O11P/c1-4-7-10-13-16-19-22-25-28-29-30-31-34-35-38-41-44-47-50-53-62(66)71-57-61(75-64(68)55-52-49-46-43-40-37-33-27-24-21-18-15-12-9-6-3)59-73-76(69,70)72-58-60(56-65)74-63(67)54-51-48-45-42-39-36-32-26-23-20-17-14-11-8-5-2/h7,10,16,19,25,28,30-31,35,38,60-61,65H,4-6,8-9,11-15,17-18,20-24,26-27,29,32-34,36-37,39-59H2,1-3H3,(H,69,70)/b10-7-,19-16-,28-25-,31-30-,38-35-. The molecule has 3 atom stereocenters. The Kier molecular flexibility index (Phi) is 56.2. The van der Waals surface area contributed by atoms with Crippen LogP contribution in [0.25, 0.3) is 0 Å². The second kappa shape index (κ2) is 58.3. The minimum Gasteiger partial charge on any atom is -0.462 e. The molecule has 0 saturated carbocycles. The predicted octanol–water partition coefficient (Wildman–Crippen LogP) is 18.7. The van der Waals surface area contributed by atoms with E-state index in [0.29, 0.717) is 19.3 Å². The lowest BCUT2D eigenvalue weighted by Crippen LogP contribution is -2.30. The van der Waals surface area contributed by atoms with E-state index in [0.717, 1.165) is 89.9 Å². The number of allylic oxidation sites excluding steroid dienone is 10. The molecule has 0 rings (SSSR count). The molecular weight excluding hydrogens is 976 g/mol. The molecule has 0 saturated heterocycles. The van der Waals surface area contributed by atoms with Crippen LogP contribution in [-0.2, 0) is 42.2 Å². The number of ether oxygens (including phenoxy) is 3. The third-order valence-corrected chi connectivity index (χ3v) is 14.4. The third-order valence-electron chi connectivity index (χ3n) is 13.5. The van der Waals surface area contributed by atoms with Crippen LogP contribution in [0.5, 0.6) is 0 Å². The lowest BCUT2D eigenvalue weighted by atomic mass is 10.0. The van der Waals surface area contributed by atoms with Crippen LogP contribution in [0.3, 0.4) is 0 Å². The van der Waals surface area contributed by atoms with Gasteiger partial charge in [0, 0.05) is 19.3 Å². The highest BCUT2D eigenvalue weighted by Crippen LogP contribution is 2.43. The largest absolute Gasteiger partial charge is 0.472 e. The lowest BCUT2D eigenvalue weighted by Gasteiger charge is -2.21. The Bertz CT molecular complexity index is 1510. The molecule has 0 fully saturated rings. The Morgan fingerprint density at radius 2 is 0.684 bits per heavy atom. The highest BCUT2D eigenvalue weighted by molar-refractivity contribution is 7.47. The van der Waals surface area contributed by atoms with Crippen LogP contribution in [-0.4, -0.2) is 66.5 Å². The van der Waals surface area contributed by atoms with Crippen LogP contribution in [0.15, 0.2) is 60.8 Å². The van der Waals surface area contributed by atoms with Gasteiger partial charge in [0.1, 0.15) is 12.7 Å². The second-order valence-corrected chi connectivity index (χ2v) is 22.3. The molecule has 0 radical (unpaired) electrons. The van der Waals surface area contributed by atoms with Crippen molar-refractivity contribution >= 4 is 25.7 Å². The number of rotatable bonds is 58. The van der Waals surface area contributed by atoms with Crippen LogP contribution in [0.4, 0.5) is 0 Å². The van der Waals surface area contributed by atoms with Gasteiger partial charge < -0.3 is 24.2 Å². The van der Waals surface area contributed by atoms with Crippen LogP contribution >= 0.6 is 7.82 Å². The summed E-state index contributed by atoms with van der Waals surface area (Å²) in [7, 11) is -4.75. The van der Waals surface area contributed by atoms with E-state index in [1.54, 1.807) is 0 Å². The Hall–Kier alpha value is -2.82. The van der Waals surface area contributed by atoms with Gasteiger partial charge in [-0.1, -0.05) is 268 Å². The summed E-state index contributed by atoms with van der Waals surface area (Å²) in [5.74, 6) is -1.48. The van der Waals surface area contributed by atoms with E-state index in [4.69, 9.17) is 23.3 Å². The maximum atomic E-state index is 12.9. The van der Waals surface area contributed by atoms with Crippen molar-refractivity contribution in [2.75, 3.05) is 26.4 Å². The quantitative estimate of drug-likeness (QED) is 0.0197. The summed E-state index contributed by atoms with van der Waals surface area (Å²) in [4.78, 5) is 48.7. The number of unbranched alkanes of at least 4 members (excludes halogenated alkanes) is 31. The van der Waals surface area contributed by atoms with Crippen molar-refractivity contribution in [1.82, 2.24) is 0 Å². The molecule has 0 aromatic rings. The average Bonchev–Trinajstić information content (AvgIpc) is 3.41. The minimum atomic E-state index is -4.75. The van der Waals surface area contributed by atoms with Crippen LogP contribution in [0.2, 0.25) is 0 Å². The first-order valence-corrected chi connectivity index (χ1v) is 32.7. The summed E-state index contributed by atoms with van der Waals surface area (Å²) in [5.41, 5.74) is 0. The summed E-state index contributed by atoms with van der Waals surface area (Å²) in [6.45, 7) is 4.55. The zero-order chi connectivity index (χ0) is 55.5. The van der Waals surface area contributed by atoms with Crippen molar-refractivity contribution in [2.45, 2.75) is 303 Å². The molecule has 0 spiro atoms. The van der Waals surface area contributed by atoms with Gasteiger partial charge in [-0.2, -0.15) is 0 Å². The van der Waals surface area contributed by atoms with E-state index in [1.807, 2.05) is 0 Å². The number of aliphatic hydroxyl groups is 1. The van der Waals surface area contributed by atoms with Gasteiger partial charge in [-0.3, -0.25) is 23.4 Å². The van der Waals surface area contributed by atoms with Gasteiger partial charge in [0.05, 0.1) is 19.8 Å². The zero-order valence-corrected chi connectivity index (χ0v) is 49.9. The molecular formula is C64H115O11P. The third kappa shape index (κ3) is 55.9. The molecule has 0 aliphatic heterocycles. The maximum Gasteiger partial charge on any atom is 0.472 e. The van der Waals surface area contributed by atoms with Gasteiger partial charge in [0.2, 0.25) is 0 Å². The van der Waals surface area contributed by atoms with Gasteiger partial charge in [0.15, 0.2) is 6.10 Å². The highest BCUT2D eigenvalue weighted by Gasteiger charge is 2.28. The minimum absolute atomic E-state index is 0.164. The first-order chi connectivity index (χ1) is 37.2. The first kappa shape index (κ1) is 73.2.